The Bertz CT molecular complexity index is 858. The third-order valence-electron chi connectivity index (χ3n) is 3.67. The summed E-state index contributed by atoms with van der Waals surface area (Å²) >= 11 is 0. The zero-order chi connectivity index (χ0) is 17.6. The van der Waals surface area contributed by atoms with Gasteiger partial charge in [0, 0.05) is 12.6 Å². The molecule has 0 unspecified atom stereocenters. The molecule has 0 bridgehead atoms. The summed E-state index contributed by atoms with van der Waals surface area (Å²) in [5.41, 5.74) is 0.907. The quantitative estimate of drug-likeness (QED) is 0.783. The fourth-order valence-corrected chi connectivity index (χ4v) is 2.46. The topological polar surface area (TPSA) is 62.6 Å². The van der Waals surface area contributed by atoms with Crippen LogP contribution in [0.2, 0.25) is 0 Å². The number of rotatable bonds is 5. The monoisotopic (exact) mass is 338 g/mol. The maximum absolute atomic E-state index is 14.0. The second-order valence-electron chi connectivity index (χ2n) is 5.30. The van der Waals surface area contributed by atoms with Crippen molar-refractivity contribution in [2.45, 2.75) is 6.42 Å². The van der Waals surface area contributed by atoms with Crippen LogP contribution in [0, 0.1) is 17.1 Å². The molecule has 0 spiro atoms. The number of nitriles is 1. The van der Waals surface area contributed by atoms with E-state index in [2.05, 4.69) is 0 Å². The Morgan fingerprint density at radius 1 is 1.24 bits per heavy atom. The zero-order valence-electron chi connectivity index (χ0n) is 13.3. The van der Waals surface area contributed by atoms with Crippen LogP contribution in [0.25, 0.3) is 6.08 Å². The molecule has 0 saturated carbocycles. The predicted octanol–water partition coefficient (Wildman–Crippen LogP) is 3.51. The average molecular weight is 338 g/mol. The lowest BCUT2D eigenvalue weighted by atomic mass is 10.2. The van der Waals surface area contributed by atoms with Crippen molar-refractivity contribution in [2.24, 2.45) is 0 Å². The summed E-state index contributed by atoms with van der Waals surface area (Å²) in [5.74, 6) is 0.360. The lowest BCUT2D eigenvalue weighted by Gasteiger charge is -2.20. The van der Waals surface area contributed by atoms with Gasteiger partial charge >= 0.3 is 0 Å². The normalized spacial score (nSPS) is 12.2. The molecule has 3 rings (SSSR count). The summed E-state index contributed by atoms with van der Waals surface area (Å²) in [7, 11) is 0. The predicted molar refractivity (Wildman–Crippen MR) is 90.6 cm³/mol. The molecule has 0 radical (unpaired) electrons. The van der Waals surface area contributed by atoms with Crippen molar-refractivity contribution in [3.63, 3.8) is 0 Å². The van der Waals surface area contributed by atoms with Crippen LogP contribution >= 0.6 is 0 Å². The molecule has 25 heavy (non-hydrogen) atoms. The van der Waals surface area contributed by atoms with Gasteiger partial charge < -0.3 is 14.4 Å². The number of para-hydroxylation sites is 1. The third kappa shape index (κ3) is 3.78. The van der Waals surface area contributed by atoms with E-state index in [9.17, 15) is 9.18 Å². The minimum absolute atomic E-state index is 0.109. The lowest BCUT2D eigenvalue weighted by Crippen LogP contribution is -2.31. The van der Waals surface area contributed by atoms with Gasteiger partial charge in [-0.1, -0.05) is 18.2 Å². The molecule has 0 aromatic heterocycles. The molecular weight excluding hydrogens is 323 g/mol. The molecule has 0 N–H and O–H groups in total. The van der Waals surface area contributed by atoms with Gasteiger partial charge in [-0.05, 0) is 35.9 Å². The van der Waals surface area contributed by atoms with Gasteiger partial charge in [0.05, 0.1) is 18.2 Å². The lowest BCUT2D eigenvalue weighted by molar-refractivity contribution is -0.114. The zero-order valence-corrected chi connectivity index (χ0v) is 13.3. The van der Waals surface area contributed by atoms with Gasteiger partial charge in [-0.3, -0.25) is 4.79 Å². The van der Waals surface area contributed by atoms with Crippen molar-refractivity contribution in [1.29, 1.82) is 5.26 Å². The van der Waals surface area contributed by atoms with Gasteiger partial charge in [0.15, 0.2) is 11.5 Å². The first kappa shape index (κ1) is 16.5. The van der Waals surface area contributed by atoms with E-state index in [1.165, 1.54) is 23.1 Å². The number of fused-ring (bicyclic) bond motifs is 1. The van der Waals surface area contributed by atoms with Gasteiger partial charge in [-0.25, -0.2) is 4.39 Å². The highest BCUT2D eigenvalue weighted by molar-refractivity contribution is 6.04. The summed E-state index contributed by atoms with van der Waals surface area (Å²) in [6, 6.07) is 13.3. The number of halogens is 1. The summed E-state index contributed by atoms with van der Waals surface area (Å²) in [6.45, 7) is 0.290. The van der Waals surface area contributed by atoms with Gasteiger partial charge in [0.25, 0.3) is 5.91 Å². The van der Waals surface area contributed by atoms with Crippen LogP contribution in [-0.2, 0) is 4.79 Å². The Morgan fingerprint density at radius 3 is 2.84 bits per heavy atom. The van der Waals surface area contributed by atoms with Crippen molar-refractivity contribution < 1.29 is 18.7 Å². The molecular formula is C19H15FN2O3. The first-order chi connectivity index (χ1) is 12.2. The molecule has 0 saturated heterocycles. The fraction of sp³-hybridized carbons (Fsp3) is 0.158. The number of anilines is 1. The third-order valence-corrected chi connectivity index (χ3v) is 3.67. The highest BCUT2D eigenvalue weighted by Gasteiger charge is 2.17. The van der Waals surface area contributed by atoms with Gasteiger partial charge in [-0.2, -0.15) is 5.26 Å². The van der Waals surface area contributed by atoms with Gasteiger partial charge in [-0.15, -0.1) is 0 Å². The van der Waals surface area contributed by atoms with Crippen LogP contribution in [0.1, 0.15) is 12.0 Å². The molecule has 0 aliphatic carbocycles. The Hall–Kier alpha value is -3.33. The van der Waals surface area contributed by atoms with Gasteiger partial charge in [0.2, 0.25) is 6.79 Å². The van der Waals surface area contributed by atoms with Crippen LogP contribution in [0.15, 0.2) is 48.5 Å². The molecule has 2 aromatic carbocycles. The largest absolute Gasteiger partial charge is 0.454 e. The minimum Gasteiger partial charge on any atom is -0.454 e. The van der Waals surface area contributed by atoms with Crippen molar-refractivity contribution in [1.82, 2.24) is 0 Å². The van der Waals surface area contributed by atoms with Crippen LogP contribution in [0.3, 0.4) is 0 Å². The number of hydrogen-bond donors (Lipinski definition) is 0. The molecule has 0 fully saturated rings. The Morgan fingerprint density at radius 2 is 2.04 bits per heavy atom. The molecule has 2 aromatic rings. The van der Waals surface area contributed by atoms with Gasteiger partial charge in [0.1, 0.15) is 5.82 Å². The van der Waals surface area contributed by atoms with Crippen LogP contribution in [0.4, 0.5) is 10.1 Å². The number of benzene rings is 2. The van der Waals surface area contributed by atoms with Crippen LogP contribution in [-0.4, -0.2) is 19.2 Å². The molecule has 1 aliphatic rings. The molecule has 0 atom stereocenters. The number of nitrogens with zero attached hydrogens (tertiary/aromatic N) is 2. The summed E-state index contributed by atoms with van der Waals surface area (Å²) < 4.78 is 24.5. The number of carbonyl (C=O) groups excluding carboxylic acids is 1. The van der Waals surface area contributed by atoms with E-state index in [0.717, 1.165) is 5.56 Å². The summed E-state index contributed by atoms with van der Waals surface area (Å²) in [6.07, 6.45) is 3.07. The van der Waals surface area contributed by atoms with Crippen molar-refractivity contribution in [3.8, 4) is 17.6 Å². The van der Waals surface area contributed by atoms with E-state index in [-0.39, 0.29) is 25.4 Å². The van der Waals surface area contributed by atoms with Crippen LogP contribution in [0.5, 0.6) is 11.5 Å². The fourth-order valence-electron chi connectivity index (χ4n) is 2.46. The number of hydrogen-bond acceptors (Lipinski definition) is 4. The molecule has 1 aliphatic heterocycles. The maximum Gasteiger partial charge on any atom is 0.251 e. The smallest absolute Gasteiger partial charge is 0.251 e. The van der Waals surface area contributed by atoms with Crippen molar-refractivity contribution in [3.05, 3.63) is 59.9 Å². The summed E-state index contributed by atoms with van der Waals surface area (Å²) in [4.78, 5) is 13.8. The Kier molecular flexibility index (Phi) is 4.95. The van der Waals surface area contributed by atoms with E-state index in [1.54, 1.807) is 36.4 Å². The standard InChI is InChI=1S/C19H15FN2O3/c20-15-4-1-2-5-16(15)22(11-3-10-21)19(23)9-7-14-6-8-17-18(12-14)25-13-24-17/h1-2,4-9,12H,3,11,13H2/b9-7+. The highest BCUT2D eigenvalue weighted by Crippen LogP contribution is 2.32. The minimum atomic E-state index is -0.509. The average Bonchev–Trinajstić information content (AvgIpc) is 3.09. The van der Waals surface area contributed by atoms with Crippen LogP contribution < -0.4 is 14.4 Å². The van der Waals surface area contributed by atoms with E-state index >= 15 is 0 Å². The van der Waals surface area contributed by atoms with E-state index in [1.807, 2.05) is 6.07 Å². The number of ether oxygens (including phenoxy) is 2. The second kappa shape index (κ2) is 7.49. The molecule has 5 nitrogen and oxygen atoms in total. The molecule has 126 valence electrons. The van der Waals surface area contributed by atoms with Crippen molar-refractivity contribution in [2.75, 3.05) is 18.2 Å². The summed E-state index contributed by atoms with van der Waals surface area (Å²) in [5, 5.41) is 8.79. The van der Waals surface area contributed by atoms with E-state index < -0.39 is 11.7 Å². The maximum atomic E-state index is 14.0. The number of carbonyl (C=O) groups is 1. The Labute approximate surface area is 144 Å². The van der Waals surface area contributed by atoms with E-state index in [4.69, 9.17) is 14.7 Å². The molecule has 6 heteroatoms. The number of amides is 1. The molecule has 1 amide bonds. The highest BCUT2D eigenvalue weighted by atomic mass is 19.1. The second-order valence-corrected chi connectivity index (χ2v) is 5.30. The van der Waals surface area contributed by atoms with E-state index in [0.29, 0.717) is 11.5 Å². The first-order valence-electron chi connectivity index (χ1n) is 7.70. The first-order valence-corrected chi connectivity index (χ1v) is 7.70. The SMILES string of the molecule is N#CCCN(C(=O)/C=C/c1ccc2c(c1)OCO2)c1ccccc1F. The van der Waals surface area contributed by atoms with Crippen molar-refractivity contribution >= 4 is 17.7 Å². The molecule has 1 heterocycles. The Balaban J connectivity index is 1.80.